The van der Waals surface area contributed by atoms with Crippen molar-refractivity contribution in [2.75, 3.05) is 6.54 Å². The van der Waals surface area contributed by atoms with Crippen molar-refractivity contribution in [3.05, 3.63) is 12.7 Å². The molecule has 1 aromatic rings. The van der Waals surface area contributed by atoms with Crippen molar-refractivity contribution < 1.29 is 4.74 Å². The molecule has 2 heterocycles. The molecule has 1 fully saturated rings. The fourth-order valence-corrected chi connectivity index (χ4v) is 2.30. The number of nitrogens with one attached hydrogen (secondary N) is 1. The molecule has 0 aliphatic carbocycles. The minimum atomic E-state index is 0.368. The first-order chi connectivity index (χ1) is 7.74. The van der Waals surface area contributed by atoms with Crippen molar-refractivity contribution in [3.8, 4) is 0 Å². The van der Waals surface area contributed by atoms with Crippen LogP contribution in [0, 0.1) is 0 Å². The van der Waals surface area contributed by atoms with E-state index in [2.05, 4.69) is 29.2 Å². The van der Waals surface area contributed by atoms with Gasteiger partial charge in [0.2, 0.25) is 0 Å². The predicted octanol–water partition coefficient (Wildman–Crippen LogP) is 0.824. The van der Waals surface area contributed by atoms with Gasteiger partial charge in [-0.25, -0.2) is 4.98 Å². The highest BCUT2D eigenvalue weighted by atomic mass is 16.5. The fourth-order valence-electron chi connectivity index (χ4n) is 2.30. The maximum absolute atomic E-state index is 5.70. The highest BCUT2D eigenvalue weighted by molar-refractivity contribution is 4.78. The summed E-state index contributed by atoms with van der Waals surface area (Å²) >= 11 is 0. The third-order valence-electron chi connectivity index (χ3n) is 2.94. The van der Waals surface area contributed by atoms with E-state index in [-0.39, 0.29) is 0 Å². The van der Waals surface area contributed by atoms with Crippen molar-refractivity contribution in [1.29, 1.82) is 0 Å². The molecule has 0 saturated carbocycles. The van der Waals surface area contributed by atoms with E-state index in [0.29, 0.717) is 18.2 Å². The van der Waals surface area contributed by atoms with Gasteiger partial charge in [0.1, 0.15) is 12.7 Å². The molecule has 2 atom stereocenters. The summed E-state index contributed by atoms with van der Waals surface area (Å²) in [7, 11) is 0. The Labute approximate surface area is 96.2 Å². The highest BCUT2D eigenvalue weighted by Crippen LogP contribution is 2.18. The van der Waals surface area contributed by atoms with Crippen LogP contribution in [0.2, 0.25) is 0 Å². The lowest BCUT2D eigenvalue weighted by molar-refractivity contribution is -0.0420. The Bertz CT molecular complexity index is 291. The Hall–Kier alpha value is -0.940. The molecule has 5 nitrogen and oxygen atoms in total. The summed E-state index contributed by atoms with van der Waals surface area (Å²) in [6.45, 7) is 6.09. The lowest BCUT2D eigenvalue weighted by Gasteiger charge is -2.32. The average molecular weight is 224 g/mol. The van der Waals surface area contributed by atoms with Crippen LogP contribution in [0.15, 0.2) is 12.7 Å². The van der Waals surface area contributed by atoms with Gasteiger partial charge in [-0.2, -0.15) is 5.10 Å². The predicted molar refractivity (Wildman–Crippen MR) is 61.1 cm³/mol. The monoisotopic (exact) mass is 224 g/mol. The van der Waals surface area contributed by atoms with Gasteiger partial charge in [0.15, 0.2) is 0 Å². The Morgan fingerprint density at radius 1 is 1.38 bits per heavy atom. The van der Waals surface area contributed by atoms with Crippen LogP contribution in [0.1, 0.15) is 26.7 Å². The molecule has 0 amide bonds. The summed E-state index contributed by atoms with van der Waals surface area (Å²) in [6, 6.07) is 0.572. The summed E-state index contributed by atoms with van der Waals surface area (Å²) in [5.74, 6) is 0. The van der Waals surface area contributed by atoms with Gasteiger partial charge < -0.3 is 10.1 Å². The molecule has 16 heavy (non-hydrogen) atoms. The third-order valence-corrected chi connectivity index (χ3v) is 2.94. The zero-order valence-electron chi connectivity index (χ0n) is 9.97. The standard InChI is InChI=1S/C11H20N4O/c1-9-5-11(6-10(2)16-9)13-3-4-15-8-12-7-14-15/h7-11,13H,3-6H2,1-2H3. The third kappa shape index (κ3) is 3.28. The summed E-state index contributed by atoms with van der Waals surface area (Å²) in [4.78, 5) is 3.92. The molecular weight excluding hydrogens is 204 g/mol. The Balaban J connectivity index is 1.69. The van der Waals surface area contributed by atoms with E-state index in [1.807, 2.05) is 4.68 Å². The molecule has 1 aromatic heterocycles. The van der Waals surface area contributed by atoms with E-state index in [1.54, 1.807) is 12.7 Å². The Morgan fingerprint density at radius 2 is 2.12 bits per heavy atom. The van der Waals surface area contributed by atoms with Crippen LogP contribution in [0.5, 0.6) is 0 Å². The average Bonchev–Trinajstić information content (AvgIpc) is 2.69. The Kier molecular flexibility index (Phi) is 3.90. The fraction of sp³-hybridized carbons (Fsp3) is 0.818. The molecule has 2 unspecified atom stereocenters. The topological polar surface area (TPSA) is 52.0 Å². The molecule has 1 aliphatic rings. The quantitative estimate of drug-likeness (QED) is 0.823. The van der Waals surface area contributed by atoms with E-state index < -0.39 is 0 Å². The smallest absolute Gasteiger partial charge is 0.137 e. The summed E-state index contributed by atoms with van der Waals surface area (Å²) < 4.78 is 7.55. The molecule has 0 aromatic carbocycles. The Morgan fingerprint density at radius 3 is 2.75 bits per heavy atom. The first-order valence-corrected chi connectivity index (χ1v) is 5.95. The molecule has 0 bridgehead atoms. The molecule has 1 N–H and O–H groups in total. The number of aromatic nitrogens is 3. The van der Waals surface area contributed by atoms with Crippen molar-refractivity contribution in [1.82, 2.24) is 20.1 Å². The lowest BCUT2D eigenvalue weighted by atomic mass is 10.00. The van der Waals surface area contributed by atoms with Gasteiger partial charge in [0, 0.05) is 12.6 Å². The normalized spacial score (nSPS) is 30.5. The van der Waals surface area contributed by atoms with E-state index in [1.165, 1.54) is 0 Å². The van der Waals surface area contributed by atoms with Gasteiger partial charge in [0.25, 0.3) is 0 Å². The summed E-state index contributed by atoms with van der Waals surface area (Å²) in [5.41, 5.74) is 0. The van der Waals surface area contributed by atoms with E-state index in [0.717, 1.165) is 25.9 Å². The minimum Gasteiger partial charge on any atom is -0.375 e. The van der Waals surface area contributed by atoms with Crippen LogP contribution in [-0.2, 0) is 11.3 Å². The molecule has 2 rings (SSSR count). The van der Waals surface area contributed by atoms with Crippen LogP contribution in [0.3, 0.4) is 0 Å². The molecule has 0 radical (unpaired) electrons. The minimum absolute atomic E-state index is 0.368. The molecule has 1 saturated heterocycles. The number of hydrogen-bond donors (Lipinski definition) is 1. The van der Waals surface area contributed by atoms with Crippen molar-refractivity contribution in [2.24, 2.45) is 0 Å². The van der Waals surface area contributed by atoms with Crippen LogP contribution >= 0.6 is 0 Å². The van der Waals surface area contributed by atoms with Crippen LogP contribution < -0.4 is 5.32 Å². The molecule has 1 aliphatic heterocycles. The van der Waals surface area contributed by atoms with Gasteiger partial charge >= 0.3 is 0 Å². The lowest BCUT2D eigenvalue weighted by Crippen LogP contribution is -2.42. The zero-order valence-corrected chi connectivity index (χ0v) is 9.97. The van der Waals surface area contributed by atoms with Crippen molar-refractivity contribution in [3.63, 3.8) is 0 Å². The second-order valence-corrected chi connectivity index (χ2v) is 4.54. The van der Waals surface area contributed by atoms with Gasteiger partial charge in [-0.15, -0.1) is 0 Å². The van der Waals surface area contributed by atoms with E-state index in [4.69, 9.17) is 4.74 Å². The van der Waals surface area contributed by atoms with Crippen molar-refractivity contribution >= 4 is 0 Å². The number of rotatable bonds is 4. The first kappa shape index (κ1) is 11.5. The highest BCUT2D eigenvalue weighted by Gasteiger charge is 2.23. The van der Waals surface area contributed by atoms with Gasteiger partial charge in [0.05, 0.1) is 18.8 Å². The number of ether oxygens (including phenoxy) is 1. The number of nitrogens with zero attached hydrogens (tertiary/aromatic N) is 3. The molecule has 0 spiro atoms. The van der Waals surface area contributed by atoms with E-state index in [9.17, 15) is 0 Å². The van der Waals surface area contributed by atoms with Crippen LogP contribution in [0.25, 0.3) is 0 Å². The van der Waals surface area contributed by atoms with Gasteiger partial charge in [-0.3, -0.25) is 4.68 Å². The first-order valence-electron chi connectivity index (χ1n) is 5.95. The molecule has 5 heteroatoms. The second kappa shape index (κ2) is 5.41. The number of hydrogen-bond acceptors (Lipinski definition) is 4. The maximum atomic E-state index is 5.70. The zero-order chi connectivity index (χ0) is 11.4. The maximum Gasteiger partial charge on any atom is 0.137 e. The summed E-state index contributed by atoms with van der Waals surface area (Å²) in [5, 5.41) is 7.62. The molecule has 90 valence electrons. The SMILES string of the molecule is CC1CC(NCCn2cncn2)CC(C)O1. The van der Waals surface area contributed by atoms with Crippen molar-refractivity contribution in [2.45, 2.75) is 51.5 Å². The second-order valence-electron chi connectivity index (χ2n) is 4.54. The largest absolute Gasteiger partial charge is 0.375 e. The van der Waals surface area contributed by atoms with Gasteiger partial charge in [-0.1, -0.05) is 0 Å². The molecular formula is C11H20N4O. The summed E-state index contributed by atoms with van der Waals surface area (Å²) in [6.07, 6.45) is 6.25. The van der Waals surface area contributed by atoms with E-state index >= 15 is 0 Å². The van der Waals surface area contributed by atoms with Gasteiger partial charge in [-0.05, 0) is 26.7 Å². The van der Waals surface area contributed by atoms with Crippen LogP contribution in [-0.4, -0.2) is 39.6 Å². The van der Waals surface area contributed by atoms with Crippen LogP contribution in [0.4, 0.5) is 0 Å².